The monoisotopic (exact) mass is 243 g/mol. The number of nitrogens with zero attached hydrogens (tertiary/aromatic N) is 1. The van der Waals surface area contributed by atoms with Crippen molar-refractivity contribution in [1.29, 1.82) is 0 Å². The minimum absolute atomic E-state index is 0. The smallest absolute Gasteiger partial charge is 0.0716 e. The maximum Gasteiger partial charge on any atom is 0.0716 e. The zero-order valence-electron chi connectivity index (χ0n) is 9.10. The van der Waals surface area contributed by atoms with Crippen molar-refractivity contribution in [3.8, 4) is 0 Å². The fraction of sp³-hybridized carbons (Fsp3) is 0.545. The van der Waals surface area contributed by atoms with Crippen LogP contribution in [-0.4, -0.2) is 35.8 Å². The highest BCUT2D eigenvalue weighted by molar-refractivity contribution is 5.85. The molecule has 2 atom stereocenters. The molecule has 1 aliphatic heterocycles. The van der Waals surface area contributed by atoms with E-state index in [9.17, 15) is 5.11 Å². The second kappa shape index (κ2) is 6.81. The molecule has 2 heterocycles. The zero-order chi connectivity index (χ0) is 10.5. The normalized spacial score (nSPS) is 24.1. The van der Waals surface area contributed by atoms with E-state index < -0.39 is 0 Å². The maximum atomic E-state index is 9.57. The molecule has 1 aromatic rings. The van der Waals surface area contributed by atoms with Crippen molar-refractivity contribution in [2.24, 2.45) is 5.92 Å². The van der Waals surface area contributed by atoms with Crippen LogP contribution in [0.15, 0.2) is 24.4 Å². The molecular formula is C11H18ClN3O. The number of nitrogens with one attached hydrogen (secondary N) is 2. The SMILES string of the molecule is Cl.OC1CNCC1CNCc1ccccn1. The summed E-state index contributed by atoms with van der Waals surface area (Å²) in [6.45, 7) is 3.22. The minimum atomic E-state index is -0.207. The van der Waals surface area contributed by atoms with Crippen molar-refractivity contribution in [3.05, 3.63) is 30.1 Å². The van der Waals surface area contributed by atoms with Crippen molar-refractivity contribution >= 4 is 12.4 Å². The highest BCUT2D eigenvalue weighted by atomic mass is 35.5. The lowest BCUT2D eigenvalue weighted by Crippen LogP contribution is -2.30. The van der Waals surface area contributed by atoms with Crippen LogP contribution in [0, 0.1) is 5.92 Å². The number of aliphatic hydroxyl groups excluding tert-OH is 1. The quantitative estimate of drug-likeness (QED) is 0.706. The fourth-order valence-electron chi connectivity index (χ4n) is 1.82. The van der Waals surface area contributed by atoms with Gasteiger partial charge in [0.05, 0.1) is 11.8 Å². The third-order valence-corrected chi connectivity index (χ3v) is 2.74. The van der Waals surface area contributed by atoms with E-state index in [1.165, 1.54) is 0 Å². The standard InChI is InChI=1S/C11H17N3O.ClH/c15-11-8-13-6-9(11)5-12-7-10-3-1-2-4-14-10;/h1-4,9,11-13,15H,5-8H2;1H. The molecule has 2 rings (SSSR count). The summed E-state index contributed by atoms with van der Waals surface area (Å²) in [5.74, 6) is 0.328. The first-order valence-electron chi connectivity index (χ1n) is 5.35. The first-order chi connectivity index (χ1) is 7.36. The van der Waals surface area contributed by atoms with E-state index in [1.807, 2.05) is 18.2 Å². The van der Waals surface area contributed by atoms with Gasteiger partial charge in [-0.15, -0.1) is 12.4 Å². The summed E-state index contributed by atoms with van der Waals surface area (Å²) >= 11 is 0. The Hall–Kier alpha value is -0.680. The van der Waals surface area contributed by atoms with Crippen LogP contribution < -0.4 is 10.6 Å². The van der Waals surface area contributed by atoms with E-state index in [-0.39, 0.29) is 18.5 Å². The summed E-state index contributed by atoms with van der Waals surface area (Å²) in [5.41, 5.74) is 1.04. The molecule has 90 valence electrons. The summed E-state index contributed by atoms with van der Waals surface area (Å²) in [4.78, 5) is 4.22. The van der Waals surface area contributed by atoms with Crippen LogP contribution in [0.1, 0.15) is 5.69 Å². The number of pyridine rings is 1. The number of hydrogen-bond acceptors (Lipinski definition) is 4. The molecular weight excluding hydrogens is 226 g/mol. The number of hydrogen-bond donors (Lipinski definition) is 3. The molecule has 1 aliphatic rings. The van der Waals surface area contributed by atoms with Gasteiger partial charge in [0, 0.05) is 38.3 Å². The van der Waals surface area contributed by atoms with Crippen molar-refractivity contribution < 1.29 is 5.11 Å². The van der Waals surface area contributed by atoms with Gasteiger partial charge in [-0.3, -0.25) is 4.98 Å². The Labute approximate surface area is 102 Å². The molecule has 16 heavy (non-hydrogen) atoms. The maximum absolute atomic E-state index is 9.57. The van der Waals surface area contributed by atoms with Crippen LogP contribution in [0.2, 0.25) is 0 Å². The molecule has 3 N–H and O–H groups in total. The fourth-order valence-corrected chi connectivity index (χ4v) is 1.82. The molecule has 0 amide bonds. The summed E-state index contributed by atoms with van der Waals surface area (Å²) in [6, 6.07) is 5.89. The Morgan fingerprint density at radius 2 is 2.31 bits per heavy atom. The van der Waals surface area contributed by atoms with Crippen molar-refractivity contribution in [2.45, 2.75) is 12.6 Å². The highest BCUT2D eigenvalue weighted by Crippen LogP contribution is 2.07. The predicted octanol–water partition coefficient (Wildman–Crippen LogP) is 0.173. The molecule has 0 spiro atoms. The third-order valence-electron chi connectivity index (χ3n) is 2.74. The number of halogens is 1. The van der Waals surface area contributed by atoms with Gasteiger partial charge in [0.1, 0.15) is 0 Å². The molecule has 1 saturated heterocycles. The molecule has 0 aliphatic carbocycles. The van der Waals surface area contributed by atoms with Crippen molar-refractivity contribution in [3.63, 3.8) is 0 Å². The predicted molar refractivity (Wildman–Crippen MR) is 65.6 cm³/mol. The van der Waals surface area contributed by atoms with Gasteiger partial charge < -0.3 is 15.7 Å². The molecule has 1 aromatic heterocycles. The van der Waals surface area contributed by atoms with Crippen LogP contribution in [0.5, 0.6) is 0 Å². The van der Waals surface area contributed by atoms with Crippen molar-refractivity contribution in [2.75, 3.05) is 19.6 Å². The number of β-amino-alcohol motifs (C(OH)–C–C–N with tert-alkyl or cyclic N) is 1. The Bertz CT molecular complexity index is 297. The second-order valence-corrected chi connectivity index (χ2v) is 3.94. The van der Waals surface area contributed by atoms with Gasteiger partial charge in [0.25, 0.3) is 0 Å². The van der Waals surface area contributed by atoms with Gasteiger partial charge in [-0.2, -0.15) is 0 Å². The molecule has 2 unspecified atom stereocenters. The average Bonchev–Trinajstić information content (AvgIpc) is 2.66. The highest BCUT2D eigenvalue weighted by Gasteiger charge is 2.23. The van der Waals surface area contributed by atoms with E-state index in [2.05, 4.69) is 15.6 Å². The zero-order valence-corrected chi connectivity index (χ0v) is 9.91. The summed E-state index contributed by atoms with van der Waals surface area (Å²) in [6.07, 6.45) is 1.59. The van der Waals surface area contributed by atoms with Crippen molar-refractivity contribution in [1.82, 2.24) is 15.6 Å². The Kier molecular flexibility index (Phi) is 5.69. The van der Waals surface area contributed by atoms with E-state index >= 15 is 0 Å². The first-order valence-corrected chi connectivity index (χ1v) is 5.35. The van der Waals surface area contributed by atoms with E-state index in [1.54, 1.807) is 6.20 Å². The van der Waals surface area contributed by atoms with Crippen LogP contribution in [0.4, 0.5) is 0 Å². The van der Waals surface area contributed by atoms with E-state index in [0.717, 1.165) is 31.9 Å². The molecule has 1 fully saturated rings. The van der Waals surface area contributed by atoms with E-state index in [0.29, 0.717) is 5.92 Å². The minimum Gasteiger partial charge on any atom is -0.391 e. The Morgan fingerprint density at radius 1 is 1.44 bits per heavy atom. The number of aliphatic hydroxyl groups is 1. The topological polar surface area (TPSA) is 57.2 Å². The largest absolute Gasteiger partial charge is 0.391 e. The molecule has 0 aromatic carbocycles. The van der Waals surface area contributed by atoms with Crippen LogP contribution in [-0.2, 0) is 6.54 Å². The van der Waals surface area contributed by atoms with Crippen LogP contribution in [0.3, 0.4) is 0 Å². The number of rotatable bonds is 4. The second-order valence-electron chi connectivity index (χ2n) is 3.94. The Balaban J connectivity index is 0.00000128. The van der Waals surface area contributed by atoms with Gasteiger partial charge >= 0.3 is 0 Å². The van der Waals surface area contributed by atoms with Gasteiger partial charge in [-0.1, -0.05) is 6.07 Å². The average molecular weight is 244 g/mol. The van der Waals surface area contributed by atoms with Crippen LogP contribution >= 0.6 is 12.4 Å². The molecule has 0 saturated carbocycles. The molecule has 4 nitrogen and oxygen atoms in total. The first kappa shape index (κ1) is 13.4. The summed E-state index contributed by atoms with van der Waals surface area (Å²) in [7, 11) is 0. The summed E-state index contributed by atoms with van der Waals surface area (Å²) < 4.78 is 0. The molecule has 0 radical (unpaired) electrons. The lowest BCUT2D eigenvalue weighted by atomic mass is 10.1. The molecule has 5 heteroatoms. The van der Waals surface area contributed by atoms with Gasteiger partial charge in [-0.25, -0.2) is 0 Å². The molecule has 0 bridgehead atoms. The number of aromatic nitrogens is 1. The lowest BCUT2D eigenvalue weighted by molar-refractivity contribution is 0.146. The van der Waals surface area contributed by atoms with Crippen LogP contribution in [0.25, 0.3) is 0 Å². The van der Waals surface area contributed by atoms with Gasteiger partial charge in [0.2, 0.25) is 0 Å². The van der Waals surface area contributed by atoms with Gasteiger partial charge in [0.15, 0.2) is 0 Å². The lowest BCUT2D eigenvalue weighted by Gasteiger charge is -2.13. The Morgan fingerprint density at radius 3 is 2.94 bits per heavy atom. The third kappa shape index (κ3) is 3.72. The van der Waals surface area contributed by atoms with Gasteiger partial charge in [-0.05, 0) is 12.1 Å². The van der Waals surface area contributed by atoms with E-state index in [4.69, 9.17) is 0 Å². The summed E-state index contributed by atoms with van der Waals surface area (Å²) in [5, 5.41) is 16.0.